The van der Waals surface area contributed by atoms with E-state index in [2.05, 4.69) is 15.5 Å². The van der Waals surface area contributed by atoms with Crippen LogP contribution >= 0.6 is 11.6 Å². The predicted molar refractivity (Wildman–Crippen MR) is 116 cm³/mol. The van der Waals surface area contributed by atoms with E-state index in [4.69, 9.17) is 16.1 Å². The molecule has 2 aromatic rings. The van der Waals surface area contributed by atoms with E-state index in [0.717, 1.165) is 32.4 Å². The number of halogens is 1. The standard InChI is InChI=1S/C22H29ClN4O3/c1-22(2,3)21-25-19(30-26-21)9-7-8-18(28)24-17-14-15(23)10-11-16(17)20(29)27-12-5-4-6-13-27/h10-11,14H,4-9,12-13H2,1-3H3,(H,24,28). The first-order chi connectivity index (χ1) is 14.2. The van der Waals surface area contributed by atoms with Crippen molar-refractivity contribution in [3.05, 3.63) is 40.5 Å². The Kier molecular flexibility index (Phi) is 7.13. The van der Waals surface area contributed by atoms with Crippen LogP contribution in [0.2, 0.25) is 5.02 Å². The van der Waals surface area contributed by atoms with E-state index in [0.29, 0.717) is 40.8 Å². The molecule has 0 bridgehead atoms. The van der Waals surface area contributed by atoms with Crippen LogP contribution in [0.5, 0.6) is 0 Å². The number of nitrogens with zero attached hydrogens (tertiary/aromatic N) is 3. The fourth-order valence-electron chi connectivity index (χ4n) is 3.35. The van der Waals surface area contributed by atoms with Gasteiger partial charge in [-0.2, -0.15) is 4.98 Å². The molecule has 2 heterocycles. The maximum atomic E-state index is 12.9. The van der Waals surface area contributed by atoms with E-state index in [1.165, 1.54) is 0 Å². The number of hydrogen-bond donors (Lipinski definition) is 1. The van der Waals surface area contributed by atoms with Crippen LogP contribution in [0.3, 0.4) is 0 Å². The van der Waals surface area contributed by atoms with E-state index in [1.54, 1.807) is 18.2 Å². The Balaban J connectivity index is 1.58. The molecule has 2 amide bonds. The molecule has 1 aromatic heterocycles. The quantitative estimate of drug-likeness (QED) is 0.720. The second-order valence-corrected chi connectivity index (χ2v) is 9.14. The summed E-state index contributed by atoms with van der Waals surface area (Å²) in [6.07, 6.45) is 4.52. The lowest BCUT2D eigenvalue weighted by molar-refractivity contribution is -0.116. The van der Waals surface area contributed by atoms with E-state index in [9.17, 15) is 9.59 Å². The Labute approximate surface area is 182 Å². The Bertz CT molecular complexity index is 898. The second kappa shape index (κ2) is 9.60. The number of aromatic nitrogens is 2. The molecular weight excluding hydrogens is 404 g/mol. The summed E-state index contributed by atoms with van der Waals surface area (Å²) in [4.78, 5) is 31.6. The highest BCUT2D eigenvalue weighted by atomic mass is 35.5. The molecule has 1 aliphatic rings. The van der Waals surface area contributed by atoms with Gasteiger partial charge in [0.05, 0.1) is 11.3 Å². The number of anilines is 1. The molecule has 7 nitrogen and oxygen atoms in total. The van der Waals surface area contributed by atoms with E-state index in [1.807, 2.05) is 25.7 Å². The van der Waals surface area contributed by atoms with Gasteiger partial charge < -0.3 is 14.7 Å². The first-order valence-corrected chi connectivity index (χ1v) is 10.8. The number of nitrogens with one attached hydrogen (secondary N) is 1. The summed E-state index contributed by atoms with van der Waals surface area (Å²) in [5, 5.41) is 7.32. The largest absolute Gasteiger partial charge is 0.339 e. The summed E-state index contributed by atoms with van der Waals surface area (Å²) in [5.74, 6) is 0.931. The summed E-state index contributed by atoms with van der Waals surface area (Å²) < 4.78 is 5.26. The third kappa shape index (κ3) is 5.81. The van der Waals surface area contributed by atoms with Gasteiger partial charge in [-0.05, 0) is 43.9 Å². The summed E-state index contributed by atoms with van der Waals surface area (Å²) in [7, 11) is 0. The molecule has 162 valence electrons. The van der Waals surface area contributed by atoms with Crippen molar-refractivity contribution < 1.29 is 14.1 Å². The smallest absolute Gasteiger partial charge is 0.255 e. The number of hydrogen-bond acceptors (Lipinski definition) is 5. The Morgan fingerprint density at radius 3 is 2.60 bits per heavy atom. The lowest BCUT2D eigenvalue weighted by Gasteiger charge is -2.27. The fourth-order valence-corrected chi connectivity index (χ4v) is 3.52. The molecule has 1 aliphatic heterocycles. The molecule has 1 fully saturated rings. The van der Waals surface area contributed by atoms with Crippen LogP contribution in [0, 0.1) is 0 Å². The highest BCUT2D eigenvalue weighted by molar-refractivity contribution is 6.31. The van der Waals surface area contributed by atoms with Crippen molar-refractivity contribution in [3.63, 3.8) is 0 Å². The highest BCUT2D eigenvalue weighted by Crippen LogP contribution is 2.24. The van der Waals surface area contributed by atoms with Crippen molar-refractivity contribution in [2.75, 3.05) is 18.4 Å². The van der Waals surface area contributed by atoms with Gasteiger partial charge >= 0.3 is 0 Å². The van der Waals surface area contributed by atoms with Crippen LogP contribution in [0.1, 0.15) is 74.9 Å². The topological polar surface area (TPSA) is 88.3 Å². The van der Waals surface area contributed by atoms with Gasteiger partial charge in [-0.15, -0.1) is 0 Å². The number of carbonyl (C=O) groups is 2. The Morgan fingerprint density at radius 1 is 1.20 bits per heavy atom. The molecule has 0 spiro atoms. The zero-order valence-corrected chi connectivity index (χ0v) is 18.6. The fraction of sp³-hybridized carbons (Fsp3) is 0.545. The maximum Gasteiger partial charge on any atom is 0.255 e. The molecule has 0 unspecified atom stereocenters. The number of amides is 2. The molecule has 1 N–H and O–H groups in total. The first-order valence-electron chi connectivity index (χ1n) is 10.5. The van der Waals surface area contributed by atoms with Crippen LogP contribution in [0.15, 0.2) is 22.7 Å². The number of aryl methyl sites for hydroxylation is 1. The Morgan fingerprint density at radius 2 is 1.93 bits per heavy atom. The molecule has 3 rings (SSSR count). The van der Waals surface area contributed by atoms with Crippen molar-refractivity contribution in [3.8, 4) is 0 Å². The monoisotopic (exact) mass is 432 g/mol. The molecule has 0 saturated carbocycles. The number of likely N-dealkylation sites (tertiary alicyclic amines) is 1. The normalized spacial score (nSPS) is 14.6. The van der Waals surface area contributed by atoms with Crippen molar-refractivity contribution in [2.45, 2.75) is 64.7 Å². The van der Waals surface area contributed by atoms with Crippen molar-refractivity contribution in [2.24, 2.45) is 0 Å². The number of benzene rings is 1. The third-order valence-electron chi connectivity index (χ3n) is 5.06. The predicted octanol–water partition coefficient (Wildman–Crippen LogP) is 4.61. The summed E-state index contributed by atoms with van der Waals surface area (Å²) in [6.45, 7) is 7.54. The van der Waals surface area contributed by atoms with Crippen LogP contribution < -0.4 is 5.32 Å². The lowest BCUT2D eigenvalue weighted by Crippen LogP contribution is -2.36. The van der Waals surface area contributed by atoms with Gasteiger partial charge in [0.2, 0.25) is 11.8 Å². The summed E-state index contributed by atoms with van der Waals surface area (Å²) in [5.41, 5.74) is 0.750. The molecule has 1 aromatic carbocycles. The average Bonchev–Trinajstić information content (AvgIpc) is 3.18. The number of rotatable bonds is 6. The van der Waals surface area contributed by atoms with Crippen LogP contribution in [-0.2, 0) is 16.6 Å². The summed E-state index contributed by atoms with van der Waals surface area (Å²) in [6, 6.07) is 4.99. The van der Waals surface area contributed by atoms with Crippen molar-refractivity contribution in [1.29, 1.82) is 0 Å². The third-order valence-corrected chi connectivity index (χ3v) is 5.30. The van der Waals surface area contributed by atoms with Crippen molar-refractivity contribution in [1.82, 2.24) is 15.0 Å². The van der Waals surface area contributed by atoms with Gasteiger partial charge in [-0.1, -0.05) is 37.5 Å². The minimum atomic E-state index is -0.180. The minimum Gasteiger partial charge on any atom is -0.339 e. The first kappa shape index (κ1) is 22.3. The van der Waals surface area contributed by atoms with Crippen LogP contribution in [0.25, 0.3) is 0 Å². The molecular formula is C22H29ClN4O3. The maximum absolute atomic E-state index is 12.9. The van der Waals surface area contributed by atoms with E-state index in [-0.39, 0.29) is 23.7 Å². The van der Waals surface area contributed by atoms with Gasteiger partial charge in [0, 0.05) is 36.4 Å². The van der Waals surface area contributed by atoms with E-state index >= 15 is 0 Å². The molecule has 1 saturated heterocycles. The van der Waals surface area contributed by atoms with Gasteiger partial charge in [-0.3, -0.25) is 9.59 Å². The van der Waals surface area contributed by atoms with Gasteiger partial charge in [-0.25, -0.2) is 0 Å². The van der Waals surface area contributed by atoms with E-state index < -0.39 is 0 Å². The molecule has 0 atom stereocenters. The van der Waals surface area contributed by atoms with Gasteiger partial charge in [0.1, 0.15) is 0 Å². The van der Waals surface area contributed by atoms with Crippen molar-refractivity contribution >= 4 is 29.1 Å². The van der Waals surface area contributed by atoms with Gasteiger partial charge in [0.25, 0.3) is 5.91 Å². The number of piperidine rings is 1. The molecule has 8 heteroatoms. The number of carbonyl (C=O) groups excluding carboxylic acids is 2. The Hall–Kier alpha value is -2.41. The molecule has 0 aliphatic carbocycles. The molecule has 0 radical (unpaired) electrons. The SMILES string of the molecule is CC(C)(C)c1noc(CCCC(=O)Nc2cc(Cl)ccc2C(=O)N2CCCCC2)n1. The lowest BCUT2D eigenvalue weighted by atomic mass is 9.96. The van der Waals surface area contributed by atoms with Crippen LogP contribution in [-0.4, -0.2) is 39.9 Å². The minimum absolute atomic E-state index is 0.0674. The van der Waals surface area contributed by atoms with Gasteiger partial charge in [0.15, 0.2) is 5.82 Å². The second-order valence-electron chi connectivity index (χ2n) is 8.71. The zero-order valence-electron chi connectivity index (χ0n) is 17.8. The zero-order chi connectivity index (χ0) is 21.7. The molecule has 30 heavy (non-hydrogen) atoms. The summed E-state index contributed by atoms with van der Waals surface area (Å²) >= 11 is 6.11. The highest BCUT2D eigenvalue weighted by Gasteiger charge is 2.23. The average molecular weight is 433 g/mol. The van der Waals surface area contributed by atoms with Crippen LogP contribution in [0.4, 0.5) is 5.69 Å².